The Labute approximate surface area is 150 Å². The minimum absolute atomic E-state index is 0.0588. The maximum Gasteiger partial charge on any atom is 0.319 e. The number of imidazole rings is 1. The summed E-state index contributed by atoms with van der Waals surface area (Å²) >= 11 is 0. The molecule has 0 unspecified atom stereocenters. The largest absolute Gasteiger partial charge is 0.352 e. The van der Waals surface area contributed by atoms with Crippen LogP contribution in [0.5, 0.6) is 0 Å². The zero-order valence-corrected chi connectivity index (χ0v) is 14.9. The molecule has 0 aliphatic rings. The molecule has 140 valence electrons. The lowest BCUT2D eigenvalue weighted by Gasteiger charge is -2.13. The number of carbonyl (C=O) groups is 1. The number of amides is 1. The Morgan fingerprint density at radius 3 is 2.46 bits per heavy atom. The molecule has 0 aliphatic carbocycles. The predicted molar refractivity (Wildman–Crippen MR) is 95.0 cm³/mol. The van der Waals surface area contributed by atoms with E-state index in [0.29, 0.717) is 18.1 Å². The molecular weight excluding hydrogens is 342 g/mol. The summed E-state index contributed by atoms with van der Waals surface area (Å²) in [7, 11) is 4.99. The summed E-state index contributed by atoms with van der Waals surface area (Å²) in [5.74, 6) is 0.619. The normalized spacial score (nSPS) is 11.5. The smallest absolute Gasteiger partial charge is 0.319 e. The SMILES string of the molecule is CN=C(NCc1ccc(C(=O)N(C)C)cc1)NCc1nccn1C(F)F. The molecule has 1 amide bonds. The third-order valence-electron chi connectivity index (χ3n) is 3.66. The molecule has 0 radical (unpaired) electrons. The molecule has 2 aromatic rings. The molecule has 0 bridgehead atoms. The molecule has 2 rings (SSSR count). The lowest BCUT2D eigenvalue weighted by Crippen LogP contribution is -2.37. The fraction of sp³-hybridized carbons (Fsp3) is 0.353. The van der Waals surface area contributed by atoms with Gasteiger partial charge in [-0.15, -0.1) is 0 Å². The first kappa shape index (κ1) is 19.4. The number of alkyl halides is 2. The van der Waals surface area contributed by atoms with Gasteiger partial charge in [0.2, 0.25) is 0 Å². The number of aliphatic imine (C=N–C) groups is 1. The fourth-order valence-electron chi connectivity index (χ4n) is 2.25. The summed E-state index contributed by atoms with van der Waals surface area (Å²) in [4.78, 5) is 21.3. The zero-order valence-electron chi connectivity index (χ0n) is 14.9. The number of halogens is 2. The van der Waals surface area contributed by atoms with E-state index in [1.54, 1.807) is 33.3 Å². The van der Waals surface area contributed by atoms with Gasteiger partial charge in [-0.2, -0.15) is 8.78 Å². The predicted octanol–water partition coefficient (Wildman–Crippen LogP) is 1.85. The molecule has 1 heterocycles. The van der Waals surface area contributed by atoms with Gasteiger partial charge in [-0.25, -0.2) is 4.98 Å². The lowest BCUT2D eigenvalue weighted by molar-refractivity contribution is 0.0668. The van der Waals surface area contributed by atoms with E-state index in [0.717, 1.165) is 10.1 Å². The van der Waals surface area contributed by atoms with Crippen LogP contribution in [-0.4, -0.2) is 47.5 Å². The maximum atomic E-state index is 12.8. The van der Waals surface area contributed by atoms with Crippen LogP contribution in [0.15, 0.2) is 41.7 Å². The summed E-state index contributed by atoms with van der Waals surface area (Å²) in [6.07, 6.45) is 2.56. The summed E-state index contributed by atoms with van der Waals surface area (Å²) in [5, 5.41) is 6.03. The van der Waals surface area contributed by atoms with E-state index < -0.39 is 6.55 Å². The van der Waals surface area contributed by atoms with Crippen molar-refractivity contribution in [1.29, 1.82) is 0 Å². The van der Waals surface area contributed by atoms with Gasteiger partial charge in [0.1, 0.15) is 5.82 Å². The monoisotopic (exact) mass is 364 g/mol. The summed E-state index contributed by atoms with van der Waals surface area (Å²) in [6.45, 7) is -2.04. The van der Waals surface area contributed by atoms with Crippen molar-refractivity contribution in [2.45, 2.75) is 19.6 Å². The Morgan fingerprint density at radius 2 is 1.88 bits per heavy atom. The first-order valence-electron chi connectivity index (χ1n) is 7.97. The molecule has 0 spiro atoms. The standard InChI is InChI=1S/C17H22F2N6O/c1-20-17(23-11-14-21-8-9-25(14)16(18)19)22-10-12-4-6-13(7-5-12)15(26)24(2)3/h4-9,16H,10-11H2,1-3H3,(H2,20,22,23). The molecular formula is C17H22F2N6O. The van der Waals surface area contributed by atoms with Crippen molar-refractivity contribution in [3.8, 4) is 0 Å². The van der Waals surface area contributed by atoms with Crippen LogP contribution in [0.4, 0.5) is 8.78 Å². The van der Waals surface area contributed by atoms with E-state index >= 15 is 0 Å². The zero-order chi connectivity index (χ0) is 19.1. The molecule has 2 N–H and O–H groups in total. The van der Waals surface area contributed by atoms with E-state index in [2.05, 4.69) is 20.6 Å². The van der Waals surface area contributed by atoms with E-state index in [1.807, 2.05) is 12.1 Å². The third kappa shape index (κ3) is 5.01. The van der Waals surface area contributed by atoms with Crippen LogP contribution in [0.1, 0.15) is 28.3 Å². The number of rotatable bonds is 6. The summed E-state index contributed by atoms with van der Waals surface area (Å²) in [5.41, 5.74) is 1.57. The fourth-order valence-corrected chi connectivity index (χ4v) is 2.25. The van der Waals surface area contributed by atoms with Crippen LogP contribution < -0.4 is 10.6 Å². The number of hydrogen-bond donors (Lipinski definition) is 2. The number of aromatic nitrogens is 2. The Bertz CT molecular complexity index is 755. The van der Waals surface area contributed by atoms with E-state index in [4.69, 9.17) is 0 Å². The van der Waals surface area contributed by atoms with Gasteiger partial charge in [0.05, 0.1) is 6.54 Å². The highest BCUT2D eigenvalue weighted by molar-refractivity contribution is 5.93. The van der Waals surface area contributed by atoms with Gasteiger partial charge in [-0.3, -0.25) is 14.4 Å². The molecule has 0 saturated carbocycles. The molecule has 0 atom stereocenters. The molecule has 0 aliphatic heterocycles. The average Bonchev–Trinajstić information content (AvgIpc) is 3.10. The average molecular weight is 364 g/mol. The van der Waals surface area contributed by atoms with Crippen molar-refractivity contribution < 1.29 is 13.6 Å². The van der Waals surface area contributed by atoms with Gasteiger partial charge in [-0.05, 0) is 17.7 Å². The first-order chi connectivity index (χ1) is 12.4. The van der Waals surface area contributed by atoms with Crippen molar-refractivity contribution in [2.75, 3.05) is 21.1 Å². The van der Waals surface area contributed by atoms with Gasteiger partial charge in [-0.1, -0.05) is 12.1 Å². The second-order valence-electron chi connectivity index (χ2n) is 5.70. The molecule has 9 heteroatoms. The van der Waals surface area contributed by atoms with Crippen LogP contribution in [0.25, 0.3) is 0 Å². The second-order valence-corrected chi connectivity index (χ2v) is 5.70. The van der Waals surface area contributed by atoms with Gasteiger partial charge in [0.25, 0.3) is 5.91 Å². The van der Waals surface area contributed by atoms with Crippen LogP contribution in [0.2, 0.25) is 0 Å². The number of nitrogens with zero attached hydrogens (tertiary/aromatic N) is 4. The van der Waals surface area contributed by atoms with E-state index in [9.17, 15) is 13.6 Å². The van der Waals surface area contributed by atoms with Crippen molar-refractivity contribution in [3.05, 3.63) is 53.6 Å². The Hall–Kier alpha value is -2.97. The minimum Gasteiger partial charge on any atom is -0.352 e. The maximum absolute atomic E-state index is 12.8. The molecule has 1 aromatic heterocycles. The van der Waals surface area contributed by atoms with Crippen LogP contribution >= 0.6 is 0 Å². The number of carbonyl (C=O) groups excluding carboxylic acids is 1. The van der Waals surface area contributed by atoms with E-state index in [1.165, 1.54) is 17.3 Å². The quantitative estimate of drug-likeness (QED) is 0.606. The molecule has 26 heavy (non-hydrogen) atoms. The molecule has 1 aromatic carbocycles. The third-order valence-corrected chi connectivity index (χ3v) is 3.66. The Morgan fingerprint density at radius 1 is 1.23 bits per heavy atom. The van der Waals surface area contributed by atoms with Gasteiger partial charge in [0.15, 0.2) is 5.96 Å². The number of benzene rings is 1. The topological polar surface area (TPSA) is 74.6 Å². The number of nitrogens with one attached hydrogen (secondary N) is 2. The van der Waals surface area contributed by atoms with Crippen LogP contribution in [0.3, 0.4) is 0 Å². The highest BCUT2D eigenvalue weighted by Gasteiger charge is 2.11. The van der Waals surface area contributed by atoms with Crippen LogP contribution in [-0.2, 0) is 13.1 Å². The molecule has 7 nitrogen and oxygen atoms in total. The van der Waals surface area contributed by atoms with Crippen molar-refractivity contribution in [2.24, 2.45) is 4.99 Å². The highest BCUT2D eigenvalue weighted by Crippen LogP contribution is 2.12. The Kier molecular flexibility index (Phi) is 6.65. The Balaban J connectivity index is 1.89. The summed E-state index contributed by atoms with van der Waals surface area (Å²) < 4.78 is 26.4. The van der Waals surface area contributed by atoms with Crippen LogP contribution in [0, 0.1) is 0 Å². The highest BCUT2D eigenvalue weighted by atomic mass is 19.3. The number of guanidine groups is 1. The second kappa shape index (κ2) is 8.93. The first-order valence-corrected chi connectivity index (χ1v) is 7.97. The van der Waals surface area contributed by atoms with Gasteiger partial charge < -0.3 is 15.5 Å². The lowest BCUT2D eigenvalue weighted by atomic mass is 10.1. The van der Waals surface area contributed by atoms with E-state index in [-0.39, 0.29) is 18.3 Å². The minimum atomic E-state index is -2.63. The van der Waals surface area contributed by atoms with Gasteiger partial charge >= 0.3 is 6.55 Å². The van der Waals surface area contributed by atoms with Crippen molar-refractivity contribution in [1.82, 2.24) is 25.1 Å². The van der Waals surface area contributed by atoms with Gasteiger partial charge in [0, 0.05) is 45.6 Å². The summed E-state index contributed by atoms with van der Waals surface area (Å²) in [6, 6.07) is 7.21. The molecule has 0 fully saturated rings. The van der Waals surface area contributed by atoms with Crippen molar-refractivity contribution in [3.63, 3.8) is 0 Å². The molecule has 0 saturated heterocycles. The van der Waals surface area contributed by atoms with Crippen molar-refractivity contribution >= 4 is 11.9 Å². The number of hydrogen-bond acceptors (Lipinski definition) is 3.